The molecule has 19 nitrogen and oxygen atoms in total. The van der Waals surface area contributed by atoms with Gasteiger partial charge in [0, 0.05) is 47.6 Å². The van der Waals surface area contributed by atoms with E-state index in [0.717, 1.165) is 25.1 Å². The lowest BCUT2D eigenvalue weighted by atomic mass is 9.99. The Morgan fingerprint density at radius 2 is 1.78 bits per heavy atom. The minimum atomic E-state index is -3.93. The van der Waals surface area contributed by atoms with Crippen molar-refractivity contribution >= 4 is 58.9 Å². The number of aliphatic carboxylic acids is 1. The molecule has 328 valence electrons. The second-order valence-electron chi connectivity index (χ2n) is 14.4. The molecule has 2 amide bonds. The summed E-state index contributed by atoms with van der Waals surface area (Å²) in [5.74, 6) is -6.30. The van der Waals surface area contributed by atoms with Crippen LogP contribution in [-0.2, 0) is 42.9 Å². The van der Waals surface area contributed by atoms with Gasteiger partial charge < -0.3 is 56.0 Å². The van der Waals surface area contributed by atoms with E-state index in [2.05, 4.69) is 20.9 Å². The number of rotatable bonds is 26. The van der Waals surface area contributed by atoms with Crippen LogP contribution >= 0.6 is 23.5 Å². The van der Waals surface area contributed by atoms with Crippen LogP contribution in [-0.4, -0.2) is 152 Å². The Balaban J connectivity index is 1.31. The molecule has 1 aliphatic heterocycles. The van der Waals surface area contributed by atoms with E-state index in [9.17, 15) is 52.9 Å². The maximum absolute atomic E-state index is 14.7. The second-order valence-corrected chi connectivity index (χ2v) is 16.9. The standard InChI is InChI=1S/C35H54F2N6O13S2/c1-19(44)10-14-55-34(2,3)11-7-26(45)41-21(31(50)51)18-58-24-6-5-23(24)57-17-20(39-4)30(49)40-12-8-27(46)54-16-28(47)53-15-22-29(48)35(36,37)32(56-22)43-13-9-25(38)42-33(43)52/h9,13,20-24,28-29,32,39,47-48H,5-8,10-12,14-18H2,1-4H3,(H,40,49)(H,41,45)(H,50,51)(H2,38,42,52)/t20?,21?,22-,23?,24?,28?,29-,32-/m0/s1. The van der Waals surface area contributed by atoms with Crippen molar-refractivity contribution in [1.29, 1.82) is 0 Å². The number of esters is 1. The van der Waals surface area contributed by atoms with E-state index in [-0.39, 0.29) is 66.2 Å². The number of nitrogens with one attached hydrogen (secondary N) is 3. The van der Waals surface area contributed by atoms with Gasteiger partial charge in [0.25, 0.3) is 0 Å². The van der Waals surface area contributed by atoms with Crippen molar-refractivity contribution in [3.05, 3.63) is 22.7 Å². The molecule has 8 N–H and O–H groups in total. The van der Waals surface area contributed by atoms with Crippen LogP contribution in [0.25, 0.3) is 0 Å². The van der Waals surface area contributed by atoms with E-state index >= 15 is 0 Å². The zero-order chi connectivity index (χ0) is 43.2. The number of ketones is 1. The Bertz CT molecular complexity index is 1630. The molecule has 0 aromatic carbocycles. The number of hydrogen-bond donors (Lipinski definition) is 7. The summed E-state index contributed by atoms with van der Waals surface area (Å²) in [6.45, 7) is 3.79. The molecule has 1 saturated carbocycles. The van der Waals surface area contributed by atoms with Gasteiger partial charge in [-0.15, -0.1) is 0 Å². The fourth-order valence-electron chi connectivity index (χ4n) is 5.56. The molecule has 0 radical (unpaired) electrons. The lowest BCUT2D eigenvalue weighted by Crippen LogP contribution is -2.46. The summed E-state index contributed by atoms with van der Waals surface area (Å²) in [5, 5.41) is 38.3. The van der Waals surface area contributed by atoms with Gasteiger partial charge in [-0.25, -0.2) is 9.59 Å². The number of nitrogen functional groups attached to an aromatic ring is 1. The Kier molecular flexibility index (Phi) is 19.2. The van der Waals surface area contributed by atoms with Gasteiger partial charge in [-0.1, -0.05) is 0 Å². The molecule has 2 fully saturated rings. The number of carboxylic acid groups (broad SMARTS) is 1. The molecule has 23 heteroatoms. The number of likely N-dealkylation sites (N-methyl/N-ethyl adjacent to an activating group) is 1. The predicted molar refractivity (Wildman–Crippen MR) is 207 cm³/mol. The van der Waals surface area contributed by atoms with Crippen molar-refractivity contribution in [2.24, 2.45) is 0 Å². The number of carbonyl (C=O) groups is 5. The summed E-state index contributed by atoms with van der Waals surface area (Å²) in [5.41, 5.74) is 3.60. The van der Waals surface area contributed by atoms with Gasteiger partial charge in [0.05, 0.1) is 31.3 Å². The average molecular weight is 869 g/mol. The van der Waals surface area contributed by atoms with Gasteiger partial charge in [-0.3, -0.25) is 23.7 Å². The fourth-order valence-corrected chi connectivity index (χ4v) is 8.76. The molecule has 8 atom stereocenters. The average Bonchev–Trinajstić information content (AvgIpc) is 3.36. The number of anilines is 1. The lowest BCUT2D eigenvalue weighted by molar-refractivity contribution is -0.178. The van der Waals surface area contributed by atoms with E-state index < -0.39 is 85.1 Å². The van der Waals surface area contributed by atoms with E-state index in [4.69, 9.17) is 24.7 Å². The van der Waals surface area contributed by atoms with Crippen LogP contribution in [0.4, 0.5) is 14.6 Å². The number of carboxylic acids is 1. The summed E-state index contributed by atoms with van der Waals surface area (Å²) in [6, 6.07) is -0.593. The number of thioether (sulfide) groups is 2. The number of nitrogens with zero attached hydrogens (tertiary/aromatic N) is 2. The summed E-state index contributed by atoms with van der Waals surface area (Å²) in [6.07, 6.45) is -4.99. The molecule has 2 aliphatic rings. The number of ether oxygens (including phenoxy) is 4. The summed E-state index contributed by atoms with van der Waals surface area (Å²) in [7, 11) is 1.61. The largest absolute Gasteiger partial charge is 0.480 e. The number of alkyl halides is 2. The molecule has 0 spiro atoms. The molecule has 2 heterocycles. The number of aliphatic hydroxyl groups is 2. The maximum Gasteiger partial charge on any atom is 0.351 e. The second kappa shape index (κ2) is 22.8. The third-order valence-electron chi connectivity index (χ3n) is 9.26. The summed E-state index contributed by atoms with van der Waals surface area (Å²) in [4.78, 5) is 76.0. The minimum Gasteiger partial charge on any atom is -0.480 e. The highest BCUT2D eigenvalue weighted by Gasteiger charge is 2.59. The first-order valence-electron chi connectivity index (χ1n) is 18.6. The number of Topliss-reactive ketones (excluding diaryl/α,β-unsaturated/α-hetero) is 1. The van der Waals surface area contributed by atoms with Crippen molar-refractivity contribution in [2.45, 2.75) is 118 Å². The van der Waals surface area contributed by atoms with Gasteiger partial charge in [-0.2, -0.15) is 37.3 Å². The van der Waals surface area contributed by atoms with E-state index in [1.165, 1.54) is 18.7 Å². The van der Waals surface area contributed by atoms with Crippen LogP contribution < -0.4 is 27.4 Å². The molecular weight excluding hydrogens is 815 g/mol. The van der Waals surface area contributed by atoms with Crippen molar-refractivity contribution < 1.29 is 67.0 Å². The Morgan fingerprint density at radius 3 is 2.36 bits per heavy atom. The monoisotopic (exact) mass is 868 g/mol. The molecular formula is C35H54F2N6O13S2. The highest BCUT2D eigenvalue weighted by atomic mass is 32.2. The number of halogens is 2. The fraction of sp³-hybridized carbons (Fsp3) is 0.743. The topological polar surface area (TPSA) is 280 Å². The van der Waals surface area contributed by atoms with E-state index in [0.29, 0.717) is 16.7 Å². The smallest absolute Gasteiger partial charge is 0.351 e. The minimum absolute atomic E-state index is 0.000526. The van der Waals surface area contributed by atoms with Crippen LogP contribution in [0.5, 0.6) is 0 Å². The normalized spacial score (nSPS) is 22.9. The Morgan fingerprint density at radius 1 is 1.12 bits per heavy atom. The quantitative estimate of drug-likeness (QED) is 0.0470. The predicted octanol–water partition coefficient (Wildman–Crippen LogP) is -0.187. The third-order valence-corrected chi connectivity index (χ3v) is 12.5. The molecule has 58 heavy (non-hydrogen) atoms. The number of hydrogen-bond acceptors (Lipinski definition) is 17. The molecule has 3 rings (SSSR count). The van der Waals surface area contributed by atoms with E-state index in [1.54, 1.807) is 32.7 Å². The Labute approximate surface area is 342 Å². The molecule has 1 saturated heterocycles. The van der Waals surface area contributed by atoms with Crippen LogP contribution in [0, 0.1) is 0 Å². The highest BCUT2D eigenvalue weighted by molar-refractivity contribution is 8.04. The van der Waals surface area contributed by atoms with Gasteiger partial charge in [0.2, 0.25) is 18.0 Å². The number of carbonyl (C=O) groups excluding carboxylic acids is 4. The first-order valence-corrected chi connectivity index (χ1v) is 20.7. The van der Waals surface area contributed by atoms with Crippen LogP contribution in [0.1, 0.15) is 65.5 Å². The van der Waals surface area contributed by atoms with Gasteiger partial charge >= 0.3 is 23.6 Å². The molecule has 1 aliphatic carbocycles. The molecule has 5 unspecified atom stereocenters. The Hall–Kier alpha value is -3.45. The van der Waals surface area contributed by atoms with E-state index in [1.807, 2.05) is 0 Å². The molecule has 1 aromatic rings. The highest BCUT2D eigenvalue weighted by Crippen LogP contribution is 2.42. The van der Waals surface area contributed by atoms with Crippen molar-refractivity contribution in [2.75, 3.05) is 50.7 Å². The molecule has 1 aromatic heterocycles. The summed E-state index contributed by atoms with van der Waals surface area (Å²) >= 11 is 3.01. The van der Waals surface area contributed by atoms with Gasteiger partial charge in [0.15, 0.2) is 12.4 Å². The first kappa shape index (κ1) is 48.9. The number of nitrogens with two attached hydrogens (primary N) is 1. The number of amides is 2. The maximum atomic E-state index is 14.7. The van der Waals surface area contributed by atoms with Crippen LogP contribution in [0.2, 0.25) is 0 Å². The zero-order valence-electron chi connectivity index (χ0n) is 32.7. The van der Waals surface area contributed by atoms with Crippen LogP contribution in [0.15, 0.2) is 17.1 Å². The van der Waals surface area contributed by atoms with Crippen LogP contribution in [0.3, 0.4) is 0 Å². The number of aromatic nitrogens is 2. The van der Waals surface area contributed by atoms with Crippen molar-refractivity contribution in [3.8, 4) is 0 Å². The summed E-state index contributed by atoms with van der Waals surface area (Å²) < 4.78 is 50.6. The molecule has 0 bridgehead atoms. The third kappa shape index (κ3) is 15.3. The number of aliphatic hydroxyl groups excluding tert-OH is 2. The van der Waals surface area contributed by atoms with Gasteiger partial charge in [0.1, 0.15) is 30.4 Å². The first-order chi connectivity index (χ1) is 27.2. The van der Waals surface area contributed by atoms with Crippen molar-refractivity contribution in [1.82, 2.24) is 25.5 Å². The zero-order valence-corrected chi connectivity index (χ0v) is 34.4. The SMILES string of the molecule is CNC(CSC1CCC1SCC(NC(=O)CCC(C)(C)OCCC(C)=O)C(=O)O)C(=O)NCCC(=O)OCC(O)OC[C@@H]1O[C@H](n2ccc(N)nc2=O)C(F)(F)[C@H]1O. The van der Waals surface area contributed by atoms with Crippen molar-refractivity contribution in [3.63, 3.8) is 0 Å². The lowest BCUT2D eigenvalue weighted by Gasteiger charge is -2.37. The van der Waals surface area contributed by atoms with Gasteiger partial charge in [-0.05, 0) is 53.1 Å².